The van der Waals surface area contributed by atoms with E-state index in [9.17, 15) is 4.79 Å². The highest BCUT2D eigenvalue weighted by Gasteiger charge is 2.33. The lowest BCUT2D eigenvalue weighted by molar-refractivity contribution is 0.0438. The number of thiazole rings is 1. The van der Waals surface area contributed by atoms with Gasteiger partial charge in [0.2, 0.25) is 0 Å². The van der Waals surface area contributed by atoms with Gasteiger partial charge in [0, 0.05) is 6.04 Å². The maximum Gasteiger partial charge on any atom is 0.317 e. The first-order valence-corrected chi connectivity index (χ1v) is 7.51. The fourth-order valence-corrected chi connectivity index (χ4v) is 2.94. The number of aromatic nitrogens is 1. The van der Waals surface area contributed by atoms with Gasteiger partial charge in [0.05, 0.1) is 23.3 Å². The molecule has 2 aromatic rings. The van der Waals surface area contributed by atoms with Crippen LogP contribution in [-0.2, 0) is 0 Å². The first-order chi connectivity index (χ1) is 9.61. The third-order valence-electron chi connectivity index (χ3n) is 3.09. The van der Waals surface area contributed by atoms with Gasteiger partial charge in [-0.1, -0.05) is 23.5 Å². The van der Waals surface area contributed by atoms with Crippen molar-refractivity contribution in [1.82, 2.24) is 15.2 Å². The topological polar surface area (TPSA) is 54.5 Å². The normalized spacial score (nSPS) is 15.4. The van der Waals surface area contributed by atoms with Crippen LogP contribution in [0.15, 0.2) is 24.3 Å². The first kappa shape index (κ1) is 13.2. The molecular formula is C14H17N3O2S. The Bertz CT molecular complexity index is 587. The molecule has 0 unspecified atom stereocenters. The number of amides is 2. The molecule has 20 heavy (non-hydrogen) atoms. The Morgan fingerprint density at radius 1 is 1.45 bits per heavy atom. The van der Waals surface area contributed by atoms with Gasteiger partial charge in [-0.2, -0.15) is 0 Å². The quantitative estimate of drug-likeness (QED) is 0.945. The summed E-state index contributed by atoms with van der Waals surface area (Å²) in [5, 5.41) is 3.55. The number of carbonyl (C=O) groups is 1. The molecular weight excluding hydrogens is 274 g/mol. The van der Waals surface area contributed by atoms with Crippen LogP contribution < -0.4 is 10.1 Å². The maximum absolute atomic E-state index is 11.7. The first-order valence-electron chi connectivity index (χ1n) is 6.69. The third-order valence-corrected chi connectivity index (χ3v) is 4.02. The predicted molar refractivity (Wildman–Crippen MR) is 79.3 cm³/mol. The molecule has 2 amide bonds. The number of carbonyl (C=O) groups excluding carboxylic acids is 1. The van der Waals surface area contributed by atoms with Gasteiger partial charge in [-0.3, -0.25) is 0 Å². The minimum atomic E-state index is -0.0239. The van der Waals surface area contributed by atoms with Crippen LogP contribution in [0.4, 0.5) is 4.79 Å². The zero-order valence-electron chi connectivity index (χ0n) is 11.5. The minimum Gasteiger partial charge on any atom is -0.463 e. The summed E-state index contributed by atoms with van der Waals surface area (Å²) in [5.41, 5.74) is 0.959. The van der Waals surface area contributed by atoms with Crippen molar-refractivity contribution >= 4 is 27.6 Å². The van der Waals surface area contributed by atoms with Crippen molar-refractivity contribution < 1.29 is 9.53 Å². The van der Waals surface area contributed by atoms with E-state index in [4.69, 9.17) is 4.74 Å². The monoisotopic (exact) mass is 291 g/mol. The lowest BCUT2D eigenvalue weighted by Gasteiger charge is -2.38. The zero-order chi connectivity index (χ0) is 14.1. The number of hydrogen-bond donors (Lipinski definition) is 1. The van der Waals surface area contributed by atoms with E-state index in [1.54, 1.807) is 16.2 Å². The fourth-order valence-electron chi connectivity index (χ4n) is 2.06. The van der Waals surface area contributed by atoms with Gasteiger partial charge in [0.25, 0.3) is 5.19 Å². The number of hydrogen-bond acceptors (Lipinski definition) is 4. The molecule has 106 valence electrons. The molecule has 1 N–H and O–H groups in total. The Hall–Kier alpha value is -1.82. The zero-order valence-corrected chi connectivity index (χ0v) is 12.3. The summed E-state index contributed by atoms with van der Waals surface area (Å²) in [6, 6.07) is 8.10. The van der Waals surface area contributed by atoms with E-state index < -0.39 is 0 Å². The van der Waals surface area contributed by atoms with Gasteiger partial charge in [-0.25, -0.2) is 9.78 Å². The van der Waals surface area contributed by atoms with Crippen LogP contribution >= 0.6 is 11.3 Å². The summed E-state index contributed by atoms with van der Waals surface area (Å²) >= 11 is 1.54. The van der Waals surface area contributed by atoms with E-state index in [0.717, 1.165) is 10.2 Å². The molecule has 5 nitrogen and oxygen atoms in total. The van der Waals surface area contributed by atoms with E-state index >= 15 is 0 Å². The van der Waals surface area contributed by atoms with Crippen LogP contribution in [0, 0.1) is 0 Å². The number of urea groups is 1. The molecule has 2 heterocycles. The van der Waals surface area contributed by atoms with Crippen molar-refractivity contribution in [1.29, 1.82) is 0 Å². The summed E-state index contributed by atoms with van der Waals surface area (Å²) in [6.45, 7) is 5.14. The molecule has 1 saturated heterocycles. The molecule has 3 rings (SSSR count). The molecule has 1 aliphatic heterocycles. The molecule has 0 atom stereocenters. The molecule has 1 aromatic carbocycles. The number of para-hydroxylation sites is 1. The van der Waals surface area contributed by atoms with Crippen LogP contribution in [0.25, 0.3) is 10.2 Å². The predicted octanol–water partition coefficient (Wildman–Crippen LogP) is 2.48. The summed E-state index contributed by atoms with van der Waals surface area (Å²) in [6.07, 6.45) is 0.0495. The van der Waals surface area contributed by atoms with Crippen molar-refractivity contribution in [2.45, 2.75) is 26.0 Å². The van der Waals surface area contributed by atoms with Gasteiger partial charge in [-0.05, 0) is 26.0 Å². The number of benzene rings is 1. The highest BCUT2D eigenvalue weighted by molar-refractivity contribution is 7.20. The van der Waals surface area contributed by atoms with Crippen LogP contribution in [0.1, 0.15) is 13.8 Å². The largest absolute Gasteiger partial charge is 0.463 e. The lowest BCUT2D eigenvalue weighted by Crippen LogP contribution is -2.59. The number of likely N-dealkylation sites (tertiary alicyclic amines) is 1. The Labute approximate surface area is 121 Å². The molecule has 1 fully saturated rings. The Kier molecular flexibility index (Phi) is 3.48. The van der Waals surface area contributed by atoms with E-state index in [1.165, 1.54) is 0 Å². The third kappa shape index (κ3) is 2.70. The smallest absolute Gasteiger partial charge is 0.317 e. The van der Waals surface area contributed by atoms with Gasteiger partial charge in [0.15, 0.2) is 0 Å². The van der Waals surface area contributed by atoms with Crippen molar-refractivity contribution in [3.63, 3.8) is 0 Å². The standard InChI is InChI=1S/C14H17N3O2S/c1-9(2)15-13(18)17-7-10(8-17)19-14-16-11-5-3-4-6-12(11)20-14/h3-6,9-10H,7-8H2,1-2H3,(H,15,18). The number of fused-ring (bicyclic) bond motifs is 1. The Balaban J connectivity index is 1.55. The van der Waals surface area contributed by atoms with Gasteiger partial charge < -0.3 is 15.0 Å². The molecule has 0 saturated carbocycles. The summed E-state index contributed by atoms with van der Waals surface area (Å²) in [5.74, 6) is 0. The van der Waals surface area contributed by atoms with Crippen LogP contribution in [0.2, 0.25) is 0 Å². The summed E-state index contributed by atoms with van der Waals surface area (Å²) < 4.78 is 6.93. The number of rotatable bonds is 3. The average molecular weight is 291 g/mol. The molecule has 0 bridgehead atoms. The van der Waals surface area contributed by atoms with E-state index in [1.807, 2.05) is 38.1 Å². The van der Waals surface area contributed by atoms with Crippen LogP contribution in [0.5, 0.6) is 5.19 Å². The van der Waals surface area contributed by atoms with E-state index in [0.29, 0.717) is 18.3 Å². The number of nitrogens with zero attached hydrogens (tertiary/aromatic N) is 2. The summed E-state index contributed by atoms with van der Waals surface area (Å²) in [4.78, 5) is 17.9. The number of nitrogens with one attached hydrogen (secondary N) is 1. The fraction of sp³-hybridized carbons (Fsp3) is 0.429. The average Bonchev–Trinajstić information content (AvgIpc) is 2.74. The van der Waals surface area contributed by atoms with Crippen molar-refractivity contribution in [3.05, 3.63) is 24.3 Å². The minimum absolute atomic E-state index is 0.0239. The molecule has 6 heteroatoms. The van der Waals surface area contributed by atoms with Crippen molar-refractivity contribution in [2.24, 2.45) is 0 Å². The van der Waals surface area contributed by atoms with Crippen molar-refractivity contribution in [2.75, 3.05) is 13.1 Å². The van der Waals surface area contributed by atoms with Gasteiger partial charge >= 0.3 is 6.03 Å². The van der Waals surface area contributed by atoms with E-state index in [-0.39, 0.29) is 18.2 Å². The Morgan fingerprint density at radius 2 is 2.20 bits per heavy atom. The molecule has 0 aliphatic carbocycles. The van der Waals surface area contributed by atoms with E-state index in [2.05, 4.69) is 10.3 Å². The second kappa shape index (κ2) is 5.28. The second-order valence-corrected chi connectivity index (χ2v) is 6.19. The second-order valence-electron chi connectivity index (χ2n) is 5.20. The highest BCUT2D eigenvalue weighted by atomic mass is 32.1. The maximum atomic E-state index is 11.7. The van der Waals surface area contributed by atoms with Crippen LogP contribution in [0.3, 0.4) is 0 Å². The summed E-state index contributed by atoms with van der Waals surface area (Å²) in [7, 11) is 0. The Morgan fingerprint density at radius 3 is 2.90 bits per heavy atom. The van der Waals surface area contributed by atoms with Gasteiger partial charge in [-0.15, -0.1) is 0 Å². The van der Waals surface area contributed by atoms with Crippen LogP contribution in [-0.4, -0.2) is 41.2 Å². The SMILES string of the molecule is CC(C)NC(=O)N1CC(Oc2nc3ccccc3s2)C1. The highest BCUT2D eigenvalue weighted by Crippen LogP contribution is 2.29. The molecule has 0 spiro atoms. The lowest BCUT2D eigenvalue weighted by atomic mass is 10.2. The molecule has 1 aliphatic rings. The molecule has 0 radical (unpaired) electrons. The molecule has 1 aromatic heterocycles. The van der Waals surface area contributed by atoms with Crippen molar-refractivity contribution in [3.8, 4) is 5.19 Å². The number of ether oxygens (including phenoxy) is 1. The van der Waals surface area contributed by atoms with Gasteiger partial charge in [0.1, 0.15) is 6.10 Å².